The third-order valence-corrected chi connectivity index (χ3v) is 5.61. The Kier molecular flexibility index (Phi) is 4.29. The monoisotopic (exact) mass is 464 g/mol. The summed E-state index contributed by atoms with van der Waals surface area (Å²) in [4.78, 5) is 32.7. The number of carbonyl (C=O) groups is 1. The summed E-state index contributed by atoms with van der Waals surface area (Å²) >= 11 is 3.45. The lowest BCUT2D eigenvalue weighted by atomic mass is 9.98. The summed E-state index contributed by atoms with van der Waals surface area (Å²) in [7, 11) is 0. The quantitative estimate of drug-likeness (QED) is 0.411. The maximum absolute atomic E-state index is 13.8. The molecule has 3 heterocycles. The second-order valence-electron chi connectivity index (χ2n) is 7.08. The van der Waals surface area contributed by atoms with Crippen molar-refractivity contribution in [2.75, 3.05) is 4.90 Å². The molecule has 1 atom stereocenters. The van der Waals surface area contributed by atoms with E-state index < -0.39 is 23.2 Å². The number of fused-ring (bicyclic) bond motifs is 2. The van der Waals surface area contributed by atoms with Gasteiger partial charge in [-0.15, -0.1) is 0 Å². The second-order valence-corrected chi connectivity index (χ2v) is 8.00. The Hall–Kier alpha value is -3.32. The molecule has 0 fully saturated rings. The second kappa shape index (κ2) is 6.88. The molecule has 0 spiro atoms. The number of benzene rings is 2. The molecule has 0 radical (unpaired) electrons. The number of hydrogen-bond donors (Lipinski definition) is 0. The molecule has 1 amide bonds. The van der Waals surface area contributed by atoms with E-state index in [2.05, 4.69) is 20.9 Å². The van der Waals surface area contributed by atoms with Gasteiger partial charge >= 0.3 is 0 Å². The van der Waals surface area contributed by atoms with Gasteiger partial charge in [-0.1, -0.05) is 34.1 Å². The first kappa shape index (κ1) is 18.7. The molecule has 0 saturated heterocycles. The van der Waals surface area contributed by atoms with Crippen molar-refractivity contribution in [3.05, 3.63) is 104 Å². The number of anilines is 1. The summed E-state index contributed by atoms with van der Waals surface area (Å²) in [5.41, 5.74) is 1.36. The third-order valence-electron chi connectivity index (χ3n) is 5.12. The van der Waals surface area contributed by atoms with Gasteiger partial charge < -0.3 is 4.42 Å². The van der Waals surface area contributed by atoms with Gasteiger partial charge in [0.2, 0.25) is 5.76 Å². The molecule has 1 aliphatic rings. The average Bonchev–Trinajstić information content (AvgIpc) is 3.01. The zero-order valence-corrected chi connectivity index (χ0v) is 17.3. The van der Waals surface area contributed by atoms with E-state index >= 15 is 0 Å². The standard InChI is InChI=1S/C23H14BrFN2O3/c1-12-4-2-7-18(26-12)27-20(13-5-3-6-14(24)10-13)19-21(28)16-11-15(25)8-9-17(16)30-22(19)23(27)29/h2-11,20H,1H3. The summed E-state index contributed by atoms with van der Waals surface area (Å²) in [5, 5.41) is 0.0978. The lowest BCUT2D eigenvalue weighted by Crippen LogP contribution is -2.30. The van der Waals surface area contributed by atoms with Crippen molar-refractivity contribution < 1.29 is 13.6 Å². The van der Waals surface area contributed by atoms with Crippen LogP contribution in [-0.4, -0.2) is 10.9 Å². The highest BCUT2D eigenvalue weighted by molar-refractivity contribution is 9.10. The molecule has 30 heavy (non-hydrogen) atoms. The Balaban J connectivity index is 1.84. The summed E-state index contributed by atoms with van der Waals surface area (Å²) in [6, 6.07) is 15.6. The fourth-order valence-corrected chi connectivity index (χ4v) is 4.25. The van der Waals surface area contributed by atoms with E-state index in [-0.39, 0.29) is 22.3 Å². The van der Waals surface area contributed by atoms with Crippen LogP contribution >= 0.6 is 15.9 Å². The van der Waals surface area contributed by atoms with Crippen LogP contribution in [0.3, 0.4) is 0 Å². The predicted octanol–water partition coefficient (Wildman–Crippen LogP) is 5.15. The maximum Gasteiger partial charge on any atom is 0.296 e. The van der Waals surface area contributed by atoms with Crippen molar-refractivity contribution in [3.63, 3.8) is 0 Å². The van der Waals surface area contributed by atoms with Crippen LogP contribution < -0.4 is 10.3 Å². The molecule has 1 unspecified atom stereocenters. The average molecular weight is 465 g/mol. The minimum atomic E-state index is -0.747. The minimum absolute atomic E-state index is 0.0487. The zero-order chi connectivity index (χ0) is 21.0. The molecule has 5 rings (SSSR count). The Morgan fingerprint density at radius 2 is 1.87 bits per heavy atom. The van der Waals surface area contributed by atoms with Crippen LogP contribution in [-0.2, 0) is 0 Å². The fourth-order valence-electron chi connectivity index (χ4n) is 3.84. The molecular formula is C23H14BrFN2O3. The molecule has 0 bridgehead atoms. The maximum atomic E-state index is 13.8. The number of pyridine rings is 1. The predicted molar refractivity (Wildman–Crippen MR) is 114 cm³/mol. The normalized spacial score (nSPS) is 15.6. The largest absolute Gasteiger partial charge is 0.450 e. The van der Waals surface area contributed by atoms with Crippen LogP contribution in [0.1, 0.15) is 33.4 Å². The van der Waals surface area contributed by atoms with E-state index in [9.17, 15) is 14.0 Å². The molecule has 2 aromatic heterocycles. The van der Waals surface area contributed by atoms with Crippen LogP contribution in [0.25, 0.3) is 11.0 Å². The number of amides is 1. The van der Waals surface area contributed by atoms with E-state index in [0.29, 0.717) is 11.4 Å². The molecule has 4 aromatic rings. The van der Waals surface area contributed by atoms with Gasteiger partial charge in [0.05, 0.1) is 17.0 Å². The van der Waals surface area contributed by atoms with Crippen molar-refractivity contribution in [2.45, 2.75) is 13.0 Å². The smallest absolute Gasteiger partial charge is 0.296 e. The van der Waals surface area contributed by atoms with Crippen LogP contribution in [0.15, 0.2) is 74.3 Å². The highest BCUT2D eigenvalue weighted by Crippen LogP contribution is 2.41. The highest BCUT2D eigenvalue weighted by Gasteiger charge is 2.44. The number of nitrogens with zero attached hydrogens (tertiary/aromatic N) is 2. The van der Waals surface area contributed by atoms with Gasteiger partial charge in [0.15, 0.2) is 5.43 Å². The number of carbonyl (C=O) groups excluding carboxylic acids is 1. The number of aromatic nitrogens is 1. The number of halogens is 2. The highest BCUT2D eigenvalue weighted by atomic mass is 79.9. The number of aryl methyl sites for hydroxylation is 1. The molecule has 2 aromatic carbocycles. The van der Waals surface area contributed by atoms with Gasteiger partial charge in [-0.05, 0) is 55.0 Å². The Bertz CT molecular complexity index is 1400. The van der Waals surface area contributed by atoms with Gasteiger partial charge in [-0.25, -0.2) is 9.37 Å². The number of hydrogen-bond acceptors (Lipinski definition) is 4. The third kappa shape index (κ3) is 2.85. The summed E-state index contributed by atoms with van der Waals surface area (Å²) in [6.07, 6.45) is 0. The summed E-state index contributed by atoms with van der Waals surface area (Å²) in [6.45, 7) is 1.83. The van der Waals surface area contributed by atoms with Gasteiger partial charge in [0.1, 0.15) is 17.2 Å². The Morgan fingerprint density at radius 3 is 2.63 bits per heavy atom. The van der Waals surface area contributed by atoms with Crippen molar-refractivity contribution in [1.82, 2.24) is 4.98 Å². The van der Waals surface area contributed by atoms with Crippen molar-refractivity contribution in [3.8, 4) is 0 Å². The SMILES string of the molecule is Cc1cccc(N2C(=O)c3oc4ccc(F)cc4c(=O)c3C2c2cccc(Br)c2)n1. The fraction of sp³-hybridized carbons (Fsp3) is 0.0870. The van der Waals surface area contributed by atoms with E-state index in [1.807, 2.05) is 37.3 Å². The minimum Gasteiger partial charge on any atom is -0.450 e. The first-order valence-electron chi connectivity index (χ1n) is 9.23. The topological polar surface area (TPSA) is 63.4 Å². The van der Waals surface area contributed by atoms with Crippen molar-refractivity contribution >= 4 is 38.6 Å². The Morgan fingerprint density at radius 1 is 1.07 bits per heavy atom. The lowest BCUT2D eigenvalue weighted by molar-refractivity contribution is 0.0970. The van der Waals surface area contributed by atoms with E-state index in [1.54, 1.807) is 12.1 Å². The molecule has 148 valence electrons. The molecule has 0 N–H and O–H groups in total. The van der Waals surface area contributed by atoms with Crippen LogP contribution in [0, 0.1) is 12.7 Å². The zero-order valence-electron chi connectivity index (χ0n) is 15.7. The van der Waals surface area contributed by atoms with Gasteiger partial charge in [-0.2, -0.15) is 0 Å². The Labute approximate surface area is 178 Å². The van der Waals surface area contributed by atoms with Gasteiger partial charge in [-0.3, -0.25) is 14.5 Å². The molecule has 5 nitrogen and oxygen atoms in total. The van der Waals surface area contributed by atoms with E-state index in [4.69, 9.17) is 4.42 Å². The van der Waals surface area contributed by atoms with Crippen LogP contribution in [0.5, 0.6) is 0 Å². The first-order valence-corrected chi connectivity index (χ1v) is 10.0. The number of rotatable bonds is 2. The van der Waals surface area contributed by atoms with Crippen molar-refractivity contribution in [2.24, 2.45) is 0 Å². The summed E-state index contributed by atoms with van der Waals surface area (Å²) in [5.74, 6) is -0.648. The van der Waals surface area contributed by atoms with Crippen molar-refractivity contribution in [1.29, 1.82) is 0 Å². The van der Waals surface area contributed by atoms with E-state index in [1.165, 1.54) is 17.0 Å². The van der Waals surface area contributed by atoms with Crippen LogP contribution in [0.2, 0.25) is 0 Å². The molecule has 0 aliphatic carbocycles. The molecule has 1 aliphatic heterocycles. The van der Waals surface area contributed by atoms with Crippen LogP contribution in [0.4, 0.5) is 10.2 Å². The van der Waals surface area contributed by atoms with E-state index in [0.717, 1.165) is 16.2 Å². The lowest BCUT2D eigenvalue weighted by Gasteiger charge is -2.24. The van der Waals surface area contributed by atoms with Gasteiger partial charge in [0, 0.05) is 10.2 Å². The molecule has 7 heteroatoms. The van der Waals surface area contributed by atoms with Gasteiger partial charge in [0.25, 0.3) is 5.91 Å². The summed E-state index contributed by atoms with van der Waals surface area (Å²) < 4.78 is 20.4. The molecule has 0 saturated carbocycles. The molecular weight excluding hydrogens is 451 g/mol. The first-order chi connectivity index (χ1) is 14.4.